The van der Waals surface area contributed by atoms with E-state index in [0.717, 1.165) is 23.1 Å². The monoisotopic (exact) mass is 1040 g/mol. The maximum absolute atomic E-state index is 14.5. The van der Waals surface area contributed by atoms with Crippen LogP contribution in [0.1, 0.15) is 101 Å². The molecular weight excluding hydrogens is 959 g/mol. The minimum atomic E-state index is -1.86. The molecule has 22 heteroatoms. The first-order chi connectivity index (χ1) is 34.1. The van der Waals surface area contributed by atoms with Crippen molar-refractivity contribution >= 4 is 17.7 Å². The van der Waals surface area contributed by atoms with Gasteiger partial charge in [-0.15, -0.1) is 5.10 Å². The molecule has 414 valence electrons. The molecule has 0 spiro atoms. The van der Waals surface area contributed by atoms with Crippen LogP contribution >= 0.6 is 0 Å². The number of hydrogen-bond donors (Lipinski definition) is 5. The van der Waals surface area contributed by atoms with E-state index >= 15 is 0 Å². The number of esters is 1. The number of methoxy groups -OCH3 is 1. The fraction of sp³-hybridized carbons (Fsp3) is 0.804. The summed E-state index contributed by atoms with van der Waals surface area (Å²) in [6.45, 7) is 18.3. The Kier molecular flexibility index (Phi) is 19.1. The van der Waals surface area contributed by atoms with E-state index in [1.54, 1.807) is 54.7 Å². The van der Waals surface area contributed by atoms with Crippen LogP contribution in [0.3, 0.4) is 0 Å². The molecule has 4 saturated heterocycles. The maximum atomic E-state index is 14.5. The van der Waals surface area contributed by atoms with Crippen molar-refractivity contribution in [3.8, 4) is 0 Å². The van der Waals surface area contributed by atoms with Crippen LogP contribution in [0.4, 0.5) is 19.3 Å². The SMILES string of the molecule is CC[C@H]1OC(=O)[C@H](C)[C@@H](O[C@H]2C[C@@](C)(OC)[C@@H](O)[C@H](C)O2)[C@H](C)[C@@H](O[C@@H]2O[C@H](C)C[C@H](N(C)CCc3cn(C[C@H]4CN(c5cc(F)cc(F)c5)C(=O)O4)nn3)[C@H]2O)[C@](C)(O)C[C@@H](C)CN(C)[C@H](C)[C@@H](O)[C@]1(C)O. The van der Waals surface area contributed by atoms with Gasteiger partial charge in [0.2, 0.25) is 0 Å². The molecule has 0 radical (unpaired) electrons. The van der Waals surface area contributed by atoms with Crippen molar-refractivity contribution in [2.75, 3.05) is 45.7 Å². The molecule has 0 aliphatic carbocycles. The predicted molar refractivity (Wildman–Crippen MR) is 261 cm³/mol. The van der Waals surface area contributed by atoms with Crippen LogP contribution in [0.2, 0.25) is 0 Å². The van der Waals surface area contributed by atoms with Gasteiger partial charge < -0.3 is 68.5 Å². The van der Waals surface area contributed by atoms with Gasteiger partial charge in [0.25, 0.3) is 0 Å². The Morgan fingerprint density at radius 1 is 0.918 bits per heavy atom. The Balaban J connectivity index is 1.23. The third-order valence-corrected chi connectivity index (χ3v) is 15.8. The van der Waals surface area contributed by atoms with Crippen molar-refractivity contribution in [2.24, 2.45) is 17.8 Å². The van der Waals surface area contributed by atoms with E-state index in [0.29, 0.717) is 31.6 Å². The number of aromatic nitrogens is 3. The van der Waals surface area contributed by atoms with Gasteiger partial charge in [0.15, 0.2) is 12.6 Å². The van der Waals surface area contributed by atoms with Crippen molar-refractivity contribution < 1.29 is 77.1 Å². The van der Waals surface area contributed by atoms with Crippen LogP contribution in [-0.4, -0.2) is 200 Å². The zero-order chi connectivity index (χ0) is 54.1. The molecule has 0 bridgehead atoms. The predicted octanol–water partition coefficient (Wildman–Crippen LogP) is 3.41. The Hall–Kier alpha value is -3.52. The molecule has 1 amide bonds. The van der Waals surface area contributed by atoms with E-state index in [4.69, 9.17) is 33.2 Å². The van der Waals surface area contributed by atoms with Gasteiger partial charge in [-0.3, -0.25) is 9.69 Å². The molecule has 1 aromatic heterocycles. The highest BCUT2D eigenvalue weighted by atomic mass is 19.1. The number of nitrogens with zero attached hydrogens (tertiary/aromatic N) is 6. The molecule has 20 nitrogen and oxygen atoms in total. The molecule has 4 aliphatic heterocycles. The van der Waals surface area contributed by atoms with Crippen LogP contribution in [0.15, 0.2) is 24.4 Å². The first-order valence-electron chi connectivity index (χ1n) is 25.7. The molecule has 0 saturated carbocycles. The highest BCUT2D eigenvalue weighted by molar-refractivity contribution is 5.89. The number of ether oxygens (including phenoxy) is 7. The number of rotatable bonds is 13. The summed E-state index contributed by atoms with van der Waals surface area (Å²) in [7, 11) is 5.16. The largest absolute Gasteiger partial charge is 0.459 e. The topological polar surface area (TPSA) is 240 Å². The fourth-order valence-electron chi connectivity index (χ4n) is 11.4. The van der Waals surface area contributed by atoms with E-state index in [1.807, 2.05) is 37.7 Å². The average Bonchev–Trinajstić information content (AvgIpc) is 3.93. The average molecular weight is 1040 g/mol. The molecule has 6 rings (SSSR count). The second-order valence-electron chi connectivity index (χ2n) is 22.1. The van der Waals surface area contributed by atoms with Gasteiger partial charge in [-0.1, -0.05) is 26.0 Å². The molecule has 0 unspecified atom stereocenters. The number of aliphatic hydroxyl groups is 5. The number of benzene rings is 1. The van der Waals surface area contributed by atoms with E-state index in [9.17, 15) is 43.9 Å². The van der Waals surface area contributed by atoms with Gasteiger partial charge in [0.1, 0.15) is 47.8 Å². The summed E-state index contributed by atoms with van der Waals surface area (Å²) in [6.07, 6.45) is -8.88. The smallest absolute Gasteiger partial charge is 0.414 e. The highest BCUT2D eigenvalue weighted by Gasteiger charge is 2.53. The summed E-state index contributed by atoms with van der Waals surface area (Å²) in [5.41, 5.74) is -3.96. The number of halogens is 2. The normalized spacial score (nSPS) is 40.8. The first kappa shape index (κ1) is 58.7. The number of anilines is 1. The summed E-state index contributed by atoms with van der Waals surface area (Å²) >= 11 is 0. The quantitative estimate of drug-likeness (QED) is 0.181. The Bertz CT molecular complexity index is 2140. The summed E-state index contributed by atoms with van der Waals surface area (Å²) in [5.74, 6) is -4.55. The Morgan fingerprint density at radius 2 is 1.59 bits per heavy atom. The zero-order valence-corrected chi connectivity index (χ0v) is 44.8. The van der Waals surface area contributed by atoms with Crippen LogP contribution in [0, 0.1) is 29.4 Å². The fourth-order valence-corrected chi connectivity index (χ4v) is 11.4. The lowest BCUT2D eigenvalue weighted by molar-refractivity contribution is -0.318. The van der Waals surface area contributed by atoms with Crippen LogP contribution in [0.5, 0.6) is 0 Å². The number of likely N-dealkylation sites (N-methyl/N-ethyl adjacent to an activating group) is 2. The second-order valence-corrected chi connectivity index (χ2v) is 22.1. The number of hydrogen-bond acceptors (Lipinski definition) is 18. The van der Waals surface area contributed by atoms with Crippen LogP contribution in [0.25, 0.3) is 0 Å². The van der Waals surface area contributed by atoms with Gasteiger partial charge in [-0.2, -0.15) is 0 Å². The summed E-state index contributed by atoms with van der Waals surface area (Å²) < 4.78 is 73.0. The van der Waals surface area contributed by atoms with E-state index in [1.165, 1.54) is 18.7 Å². The van der Waals surface area contributed by atoms with E-state index in [-0.39, 0.29) is 44.0 Å². The molecule has 2 aromatic rings. The molecular formula is C51H82F2N6O14. The van der Waals surface area contributed by atoms with E-state index in [2.05, 4.69) is 10.3 Å². The molecule has 1 aromatic carbocycles. The number of aliphatic hydroxyl groups excluding tert-OH is 3. The van der Waals surface area contributed by atoms with Crippen molar-refractivity contribution in [1.29, 1.82) is 0 Å². The standard InChI is InChI=1S/C51H82F2N6O14/c1-14-39-51(10,66)43(61)31(6)57(12)23-27(2)21-49(8,65)45(29(4)42(30(5)46(63)71-39)72-40-22-50(9,67-13)44(62)32(7)69-40)73-47-41(60)38(17-28(3)68-47)56(11)16-15-35-24-58(55-54-35)25-37-26-59(48(64)70-37)36-19-33(52)18-34(53)20-36/h18-20,24,27-32,37-45,47,60-62,65-66H,14-17,21-23,25-26H2,1-13H3/t27-,28-,29+,30-,31-,32+,37+,38+,39-,40+,41-,42+,43-,44+,45-,47+,49-,50-,51-/m1/s1. The van der Waals surface area contributed by atoms with Gasteiger partial charge in [0, 0.05) is 63.3 Å². The van der Waals surface area contributed by atoms with Gasteiger partial charge in [0.05, 0.1) is 66.0 Å². The third-order valence-electron chi connectivity index (χ3n) is 15.8. The van der Waals surface area contributed by atoms with Crippen LogP contribution in [-0.2, 0) is 50.9 Å². The van der Waals surface area contributed by atoms with Crippen molar-refractivity contribution in [2.45, 2.75) is 204 Å². The number of cyclic esters (lactones) is 2. The maximum Gasteiger partial charge on any atom is 0.414 e. The van der Waals surface area contributed by atoms with Crippen molar-refractivity contribution in [3.05, 3.63) is 41.7 Å². The lowest BCUT2D eigenvalue weighted by Crippen LogP contribution is -2.61. The number of amides is 1. The highest BCUT2D eigenvalue weighted by Crippen LogP contribution is 2.40. The van der Waals surface area contributed by atoms with E-state index < -0.39 is 132 Å². The molecule has 5 N–H and O–H groups in total. The minimum absolute atomic E-state index is 0.0461. The summed E-state index contributed by atoms with van der Waals surface area (Å²) in [5, 5.41) is 68.2. The van der Waals surface area contributed by atoms with Gasteiger partial charge in [-0.25, -0.2) is 18.3 Å². The van der Waals surface area contributed by atoms with Crippen LogP contribution < -0.4 is 4.90 Å². The van der Waals surface area contributed by atoms with Crippen molar-refractivity contribution in [3.63, 3.8) is 0 Å². The van der Waals surface area contributed by atoms with Crippen molar-refractivity contribution in [1.82, 2.24) is 24.8 Å². The summed E-state index contributed by atoms with van der Waals surface area (Å²) in [4.78, 5) is 32.1. The minimum Gasteiger partial charge on any atom is -0.459 e. The Labute approximate surface area is 428 Å². The lowest BCUT2D eigenvalue weighted by Gasteiger charge is -2.49. The molecule has 19 atom stereocenters. The number of carbonyl (C=O) groups is 2. The second kappa shape index (κ2) is 23.8. The molecule has 4 aliphatic rings. The summed E-state index contributed by atoms with van der Waals surface area (Å²) in [6, 6.07) is 1.74. The molecule has 5 heterocycles. The zero-order valence-electron chi connectivity index (χ0n) is 44.8. The number of carbonyl (C=O) groups excluding carboxylic acids is 2. The van der Waals surface area contributed by atoms with Gasteiger partial charge >= 0.3 is 12.1 Å². The lowest BCUT2D eigenvalue weighted by atomic mass is 9.77. The molecule has 4 fully saturated rings. The van der Waals surface area contributed by atoms with Gasteiger partial charge in [-0.05, 0) is 99.9 Å². The molecule has 73 heavy (non-hydrogen) atoms. The Morgan fingerprint density at radius 3 is 2.23 bits per heavy atom. The first-order valence-corrected chi connectivity index (χ1v) is 25.7. The third kappa shape index (κ3) is 13.5.